The topological polar surface area (TPSA) is 105 Å². The minimum atomic E-state index is -0.503. The number of aromatic amines is 1. The first kappa shape index (κ1) is 21.5. The highest BCUT2D eigenvalue weighted by Gasteiger charge is 2.50. The minimum absolute atomic E-state index is 0.0218. The summed E-state index contributed by atoms with van der Waals surface area (Å²) in [6.07, 6.45) is 7.54. The van der Waals surface area contributed by atoms with Gasteiger partial charge in [-0.3, -0.25) is 9.80 Å². The van der Waals surface area contributed by atoms with Gasteiger partial charge in [-0.05, 0) is 37.1 Å². The predicted octanol–water partition coefficient (Wildman–Crippen LogP) is 2.89. The molecule has 1 N–H and O–H groups in total. The molecule has 1 unspecified atom stereocenters. The minimum Gasteiger partial charge on any atom is -0.364 e. The Balaban J connectivity index is 1.17. The third kappa shape index (κ3) is 3.58. The van der Waals surface area contributed by atoms with Crippen molar-refractivity contribution in [1.82, 2.24) is 24.9 Å². The van der Waals surface area contributed by atoms with E-state index in [0.29, 0.717) is 30.9 Å². The predicted molar refractivity (Wildman–Crippen MR) is 129 cm³/mol. The molecule has 1 atom stereocenters. The van der Waals surface area contributed by atoms with Crippen molar-refractivity contribution in [3.05, 3.63) is 53.9 Å². The number of nitrogens with zero attached hydrogens (tertiary/aromatic N) is 7. The summed E-state index contributed by atoms with van der Waals surface area (Å²) in [7, 11) is 1.77. The van der Waals surface area contributed by atoms with E-state index in [0.717, 1.165) is 29.6 Å². The molecule has 1 saturated carbocycles. The zero-order chi connectivity index (χ0) is 24.2. The first-order chi connectivity index (χ1) is 17.0. The second kappa shape index (κ2) is 8.05. The van der Waals surface area contributed by atoms with E-state index in [2.05, 4.69) is 26.1 Å². The summed E-state index contributed by atoms with van der Waals surface area (Å²) in [6.45, 7) is 1.54. The molecular weight excluding hydrogens is 447 g/mol. The summed E-state index contributed by atoms with van der Waals surface area (Å²) in [5.41, 5.74) is 1.97. The Morgan fingerprint density at radius 1 is 1.31 bits per heavy atom. The van der Waals surface area contributed by atoms with E-state index in [1.807, 2.05) is 28.4 Å². The number of benzene rings is 1. The van der Waals surface area contributed by atoms with Crippen LogP contribution in [-0.4, -0.2) is 75.2 Å². The lowest BCUT2D eigenvalue weighted by molar-refractivity contribution is 0.0732. The van der Waals surface area contributed by atoms with E-state index >= 15 is 4.39 Å². The number of anilines is 1. The Bertz CT molecular complexity index is 1370. The Morgan fingerprint density at radius 3 is 2.89 bits per heavy atom. The van der Waals surface area contributed by atoms with E-state index in [1.165, 1.54) is 6.07 Å². The third-order valence-electron chi connectivity index (χ3n) is 7.37. The van der Waals surface area contributed by atoms with Crippen molar-refractivity contribution in [1.29, 1.82) is 5.26 Å². The quantitative estimate of drug-likeness (QED) is 0.592. The summed E-state index contributed by atoms with van der Waals surface area (Å²) in [5.74, 6) is -0.602. The molecule has 1 aromatic carbocycles. The van der Waals surface area contributed by atoms with Gasteiger partial charge in [0.15, 0.2) is 0 Å². The molecule has 2 fully saturated rings. The van der Waals surface area contributed by atoms with Crippen LogP contribution in [0.3, 0.4) is 0 Å². The number of rotatable bonds is 6. The molecule has 10 heteroatoms. The van der Waals surface area contributed by atoms with Crippen LogP contribution < -0.4 is 4.90 Å². The SMILES string of the molecule is CN(C(=O)c1ccc(N2CC(CC#N)(N3CC(c4ncnc5[nH]ccc45)C=N3)C2)c(F)c1)C1CC1. The standard InChI is InChI=1S/C25H25FN8O/c1-32(18-3-4-18)24(35)16-2-5-21(20(26)10-16)33-13-25(14-33,7-8-27)34-12-17(11-31-34)22-19-6-9-28-23(19)30-15-29-22/h2,5-6,9-11,15,17-18H,3-4,7,12-14H2,1H3,(H,28,29,30). The molecule has 1 aliphatic carbocycles. The molecule has 9 nitrogen and oxygen atoms in total. The molecule has 2 aromatic heterocycles. The van der Waals surface area contributed by atoms with Crippen LogP contribution in [0.5, 0.6) is 0 Å². The highest BCUT2D eigenvalue weighted by atomic mass is 19.1. The van der Waals surface area contributed by atoms with E-state index in [4.69, 9.17) is 0 Å². The van der Waals surface area contributed by atoms with Crippen LogP contribution in [0.2, 0.25) is 0 Å². The van der Waals surface area contributed by atoms with Crippen LogP contribution in [0.4, 0.5) is 10.1 Å². The fourth-order valence-electron chi connectivity index (χ4n) is 5.18. The van der Waals surface area contributed by atoms with Crippen LogP contribution in [0.25, 0.3) is 11.0 Å². The van der Waals surface area contributed by atoms with Gasteiger partial charge in [-0.2, -0.15) is 10.4 Å². The van der Waals surface area contributed by atoms with Crippen molar-refractivity contribution in [3.63, 3.8) is 0 Å². The number of nitrogens with one attached hydrogen (secondary N) is 1. The third-order valence-corrected chi connectivity index (χ3v) is 7.37. The van der Waals surface area contributed by atoms with Gasteiger partial charge >= 0.3 is 0 Å². The maximum atomic E-state index is 15.0. The molecule has 2 aliphatic heterocycles. The van der Waals surface area contributed by atoms with Gasteiger partial charge in [0, 0.05) is 49.5 Å². The first-order valence-electron chi connectivity index (χ1n) is 11.8. The fourth-order valence-corrected chi connectivity index (χ4v) is 5.18. The van der Waals surface area contributed by atoms with Crippen LogP contribution >= 0.6 is 0 Å². The number of carbonyl (C=O) groups excluding carboxylic acids is 1. The molecule has 0 bridgehead atoms. The highest BCUT2D eigenvalue weighted by Crippen LogP contribution is 2.39. The van der Waals surface area contributed by atoms with Crippen molar-refractivity contribution in [2.75, 3.05) is 31.6 Å². The monoisotopic (exact) mass is 472 g/mol. The van der Waals surface area contributed by atoms with E-state index < -0.39 is 11.4 Å². The molecule has 1 saturated heterocycles. The zero-order valence-corrected chi connectivity index (χ0v) is 19.4. The molecule has 3 aliphatic rings. The lowest BCUT2D eigenvalue weighted by Crippen LogP contribution is -2.69. The first-order valence-corrected chi connectivity index (χ1v) is 11.8. The van der Waals surface area contributed by atoms with Crippen molar-refractivity contribution < 1.29 is 9.18 Å². The normalized spacial score (nSPS) is 20.7. The van der Waals surface area contributed by atoms with Crippen molar-refractivity contribution in [2.24, 2.45) is 5.10 Å². The number of halogens is 1. The van der Waals surface area contributed by atoms with Crippen molar-refractivity contribution in [3.8, 4) is 6.07 Å². The molecule has 1 amide bonds. The number of carbonyl (C=O) groups is 1. The van der Waals surface area contributed by atoms with Gasteiger partial charge in [-0.25, -0.2) is 14.4 Å². The number of hydrogen-bond acceptors (Lipinski definition) is 7. The largest absolute Gasteiger partial charge is 0.364 e. The number of hydrogen-bond donors (Lipinski definition) is 1. The molecule has 3 aromatic rings. The molecular formula is C25H25FN8O. The number of amides is 1. The number of fused-ring (bicyclic) bond motifs is 1. The molecule has 0 radical (unpaired) electrons. The summed E-state index contributed by atoms with van der Waals surface area (Å²) in [5, 5.41) is 17.1. The van der Waals surface area contributed by atoms with Gasteiger partial charge < -0.3 is 14.8 Å². The molecule has 35 heavy (non-hydrogen) atoms. The summed E-state index contributed by atoms with van der Waals surface area (Å²) < 4.78 is 15.0. The summed E-state index contributed by atoms with van der Waals surface area (Å²) in [6, 6.07) is 9.19. The highest BCUT2D eigenvalue weighted by molar-refractivity contribution is 5.95. The fraction of sp³-hybridized carbons (Fsp3) is 0.400. The van der Waals surface area contributed by atoms with Crippen molar-refractivity contribution >= 4 is 28.8 Å². The average Bonchev–Trinajstić information content (AvgIpc) is 3.36. The van der Waals surface area contributed by atoms with E-state index in [1.54, 1.807) is 30.4 Å². The van der Waals surface area contributed by atoms with Gasteiger partial charge in [0.25, 0.3) is 5.91 Å². The number of hydrazone groups is 1. The molecule has 4 heterocycles. The smallest absolute Gasteiger partial charge is 0.253 e. The Hall–Kier alpha value is -4.00. The Labute approximate surface area is 201 Å². The lowest BCUT2D eigenvalue weighted by atomic mass is 9.84. The maximum Gasteiger partial charge on any atom is 0.253 e. The number of H-pyrrole nitrogens is 1. The second-order valence-electron chi connectivity index (χ2n) is 9.68. The molecule has 178 valence electrons. The second-order valence-corrected chi connectivity index (χ2v) is 9.68. The van der Waals surface area contributed by atoms with Gasteiger partial charge in [0.05, 0.1) is 36.3 Å². The molecule has 0 spiro atoms. The number of aromatic nitrogens is 3. The van der Waals surface area contributed by atoms with E-state index in [9.17, 15) is 10.1 Å². The van der Waals surface area contributed by atoms with Crippen molar-refractivity contribution in [2.45, 2.75) is 36.8 Å². The molecule has 6 rings (SSSR count). The number of nitriles is 1. The van der Waals surface area contributed by atoms with E-state index in [-0.39, 0.29) is 24.3 Å². The van der Waals surface area contributed by atoms with Gasteiger partial charge in [0.1, 0.15) is 23.3 Å². The zero-order valence-electron chi connectivity index (χ0n) is 19.4. The van der Waals surface area contributed by atoms with Crippen LogP contribution in [0.1, 0.15) is 41.2 Å². The van der Waals surface area contributed by atoms with Crippen LogP contribution in [0.15, 0.2) is 41.9 Å². The van der Waals surface area contributed by atoms with Gasteiger partial charge in [-0.1, -0.05) is 0 Å². The van der Waals surface area contributed by atoms with Crippen LogP contribution in [0, 0.1) is 17.1 Å². The maximum absolute atomic E-state index is 15.0. The van der Waals surface area contributed by atoms with Crippen LogP contribution in [-0.2, 0) is 0 Å². The summed E-state index contributed by atoms with van der Waals surface area (Å²) >= 11 is 0. The lowest BCUT2D eigenvalue weighted by Gasteiger charge is -2.54. The Kier molecular flexibility index (Phi) is 4.95. The van der Waals surface area contributed by atoms with Gasteiger partial charge in [0.2, 0.25) is 0 Å². The van der Waals surface area contributed by atoms with Gasteiger partial charge in [-0.15, -0.1) is 0 Å². The summed E-state index contributed by atoms with van der Waals surface area (Å²) in [4.78, 5) is 28.0. The Morgan fingerprint density at radius 2 is 2.14 bits per heavy atom. The average molecular weight is 473 g/mol.